The Labute approximate surface area is 104 Å². The summed E-state index contributed by atoms with van der Waals surface area (Å²) < 4.78 is 5.30. The minimum Gasteiger partial charge on any atom is -0.444 e. The van der Waals surface area contributed by atoms with Crippen molar-refractivity contribution in [3.63, 3.8) is 0 Å². The SMILES string of the molecule is Cc1coc(-c2ccc(C)c(NC(=O)CO)c2)n1. The van der Waals surface area contributed by atoms with E-state index in [0.29, 0.717) is 11.6 Å². The van der Waals surface area contributed by atoms with Gasteiger partial charge in [0.15, 0.2) is 0 Å². The Morgan fingerprint density at radius 3 is 2.83 bits per heavy atom. The fourth-order valence-electron chi connectivity index (χ4n) is 1.57. The third kappa shape index (κ3) is 2.57. The number of oxazole rings is 1. The predicted molar refractivity (Wildman–Crippen MR) is 67.1 cm³/mol. The molecule has 0 atom stereocenters. The molecule has 0 unspecified atom stereocenters. The summed E-state index contributed by atoms with van der Waals surface area (Å²) in [6.45, 7) is 3.18. The van der Waals surface area contributed by atoms with Crippen LogP contribution in [0.2, 0.25) is 0 Å². The van der Waals surface area contributed by atoms with Crippen molar-refractivity contribution in [2.24, 2.45) is 0 Å². The van der Waals surface area contributed by atoms with Crippen molar-refractivity contribution in [3.8, 4) is 11.5 Å². The third-order valence-electron chi connectivity index (χ3n) is 2.52. The molecule has 1 heterocycles. The molecule has 5 nitrogen and oxygen atoms in total. The molecule has 0 saturated carbocycles. The highest BCUT2D eigenvalue weighted by Crippen LogP contribution is 2.24. The second kappa shape index (κ2) is 5.01. The summed E-state index contributed by atoms with van der Waals surface area (Å²) in [6, 6.07) is 5.51. The van der Waals surface area contributed by atoms with Gasteiger partial charge in [0.05, 0.1) is 5.69 Å². The van der Waals surface area contributed by atoms with E-state index < -0.39 is 12.5 Å². The standard InChI is InChI=1S/C13H14N2O3/c1-8-3-4-10(13-14-9(2)7-18-13)5-11(8)15-12(17)6-16/h3-5,7,16H,6H2,1-2H3,(H,15,17). The van der Waals surface area contributed by atoms with Crippen LogP contribution in [0.3, 0.4) is 0 Å². The highest BCUT2D eigenvalue weighted by atomic mass is 16.3. The van der Waals surface area contributed by atoms with Crippen LogP contribution in [-0.2, 0) is 4.79 Å². The number of anilines is 1. The number of aromatic nitrogens is 1. The summed E-state index contributed by atoms with van der Waals surface area (Å²) in [4.78, 5) is 15.4. The lowest BCUT2D eigenvalue weighted by atomic mass is 10.1. The molecule has 1 amide bonds. The van der Waals surface area contributed by atoms with Crippen LogP contribution in [0.4, 0.5) is 5.69 Å². The summed E-state index contributed by atoms with van der Waals surface area (Å²) >= 11 is 0. The number of rotatable bonds is 3. The van der Waals surface area contributed by atoms with Gasteiger partial charge < -0.3 is 14.8 Å². The van der Waals surface area contributed by atoms with Crippen LogP contribution in [0.5, 0.6) is 0 Å². The first kappa shape index (κ1) is 12.3. The zero-order valence-electron chi connectivity index (χ0n) is 10.2. The van der Waals surface area contributed by atoms with Crippen molar-refractivity contribution in [3.05, 3.63) is 35.7 Å². The molecule has 2 rings (SSSR count). The lowest BCUT2D eigenvalue weighted by molar-refractivity contribution is -0.118. The van der Waals surface area contributed by atoms with Gasteiger partial charge in [-0.25, -0.2) is 4.98 Å². The molecule has 1 aromatic heterocycles. The van der Waals surface area contributed by atoms with Crippen LogP contribution < -0.4 is 5.32 Å². The first-order valence-electron chi connectivity index (χ1n) is 5.54. The van der Waals surface area contributed by atoms with Gasteiger partial charge in [-0.3, -0.25) is 4.79 Å². The van der Waals surface area contributed by atoms with E-state index in [-0.39, 0.29) is 0 Å². The van der Waals surface area contributed by atoms with Crippen LogP contribution in [0.15, 0.2) is 28.9 Å². The number of benzene rings is 1. The lowest BCUT2D eigenvalue weighted by Gasteiger charge is -2.08. The summed E-state index contributed by atoms with van der Waals surface area (Å²) in [6.07, 6.45) is 1.57. The molecule has 0 spiro atoms. The van der Waals surface area contributed by atoms with Gasteiger partial charge in [0.1, 0.15) is 12.9 Å². The van der Waals surface area contributed by atoms with Gasteiger partial charge in [0.25, 0.3) is 0 Å². The maximum absolute atomic E-state index is 11.2. The van der Waals surface area contributed by atoms with E-state index >= 15 is 0 Å². The summed E-state index contributed by atoms with van der Waals surface area (Å²) in [5.41, 5.74) is 3.12. The van der Waals surface area contributed by atoms with Crippen molar-refractivity contribution in [1.82, 2.24) is 4.98 Å². The number of amides is 1. The van der Waals surface area contributed by atoms with Crippen LogP contribution >= 0.6 is 0 Å². The number of aryl methyl sites for hydroxylation is 2. The molecule has 0 fully saturated rings. The molecule has 0 bridgehead atoms. The highest BCUT2D eigenvalue weighted by molar-refractivity contribution is 5.92. The highest BCUT2D eigenvalue weighted by Gasteiger charge is 2.09. The zero-order chi connectivity index (χ0) is 13.1. The van der Waals surface area contributed by atoms with Crippen molar-refractivity contribution >= 4 is 11.6 Å². The van der Waals surface area contributed by atoms with E-state index in [4.69, 9.17) is 9.52 Å². The van der Waals surface area contributed by atoms with Crippen LogP contribution in [-0.4, -0.2) is 22.6 Å². The number of hydrogen-bond donors (Lipinski definition) is 2. The van der Waals surface area contributed by atoms with Crippen LogP contribution in [0.25, 0.3) is 11.5 Å². The topological polar surface area (TPSA) is 75.4 Å². The number of nitrogens with one attached hydrogen (secondary N) is 1. The fourth-order valence-corrected chi connectivity index (χ4v) is 1.57. The van der Waals surface area contributed by atoms with Gasteiger partial charge >= 0.3 is 0 Å². The van der Waals surface area contributed by atoms with E-state index in [1.807, 2.05) is 26.0 Å². The quantitative estimate of drug-likeness (QED) is 0.867. The molecular weight excluding hydrogens is 232 g/mol. The van der Waals surface area contributed by atoms with Crippen molar-refractivity contribution < 1.29 is 14.3 Å². The Kier molecular flexibility index (Phi) is 3.43. The van der Waals surface area contributed by atoms with Crippen LogP contribution in [0, 0.1) is 13.8 Å². The molecule has 0 radical (unpaired) electrons. The number of carbonyl (C=O) groups is 1. The van der Waals surface area contributed by atoms with E-state index in [0.717, 1.165) is 16.8 Å². The zero-order valence-corrected chi connectivity index (χ0v) is 10.2. The molecule has 0 saturated heterocycles. The Balaban J connectivity index is 2.34. The van der Waals surface area contributed by atoms with Crippen LogP contribution in [0.1, 0.15) is 11.3 Å². The average Bonchev–Trinajstić information content (AvgIpc) is 2.78. The monoisotopic (exact) mass is 246 g/mol. The van der Waals surface area contributed by atoms with Gasteiger partial charge in [-0.2, -0.15) is 0 Å². The second-order valence-corrected chi connectivity index (χ2v) is 4.03. The van der Waals surface area contributed by atoms with Gasteiger partial charge in [-0.05, 0) is 31.5 Å². The van der Waals surface area contributed by atoms with Crippen molar-refractivity contribution in [2.45, 2.75) is 13.8 Å². The van der Waals surface area contributed by atoms with Gasteiger partial charge in [-0.1, -0.05) is 6.07 Å². The van der Waals surface area contributed by atoms with Crippen molar-refractivity contribution in [1.29, 1.82) is 0 Å². The Hall–Kier alpha value is -2.14. The number of aliphatic hydroxyl groups excluding tert-OH is 1. The minimum atomic E-state index is -0.540. The molecule has 18 heavy (non-hydrogen) atoms. The summed E-state index contributed by atoms with van der Waals surface area (Å²) in [5, 5.41) is 11.4. The second-order valence-electron chi connectivity index (χ2n) is 4.03. The number of aliphatic hydroxyl groups is 1. The number of carbonyl (C=O) groups excluding carboxylic acids is 1. The largest absolute Gasteiger partial charge is 0.444 e. The molecule has 1 aromatic carbocycles. The molecule has 0 aliphatic rings. The molecular formula is C13H14N2O3. The molecule has 2 aromatic rings. The maximum atomic E-state index is 11.2. The number of hydrogen-bond acceptors (Lipinski definition) is 4. The maximum Gasteiger partial charge on any atom is 0.250 e. The predicted octanol–water partition coefficient (Wildman–Crippen LogP) is 1.89. The first-order chi connectivity index (χ1) is 8.60. The van der Waals surface area contributed by atoms with Gasteiger partial charge in [-0.15, -0.1) is 0 Å². The normalized spacial score (nSPS) is 10.4. The lowest BCUT2D eigenvalue weighted by Crippen LogP contribution is -2.16. The average molecular weight is 246 g/mol. The molecule has 2 N–H and O–H groups in total. The Morgan fingerprint density at radius 1 is 1.44 bits per heavy atom. The van der Waals surface area contributed by atoms with E-state index in [9.17, 15) is 4.79 Å². The van der Waals surface area contributed by atoms with E-state index in [2.05, 4.69) is 10.3 Å². The first-order valence-corrected chi connectivity index (χ1v) is 5.54. The van der Waals surface area contributed by atoms with Gasteiger partial charge in [0, 0.05) is 11.3 Å². The van der Waals surface area contributed by atoms with Crippen molar-refractivity contribution in [2.75, 3.05) is 11.9 Å². The molecule has 0 aliphatic heterocycles. The summed E-state index contributed by atoms with van der Waals surface area (Å²) in [5.74, 6) is 0.0610. The van der Waals surface area contributed by atoms with Gasteiger partial charge in [0.2, 0.25) is 11.8 Å². The molecule has 94 valence electrons. The molecule has 0 aliphatic carbocycles. The smallest absolute Gasteiger partial charge is 0.250 e. The van der Waals surface area contributed by atoms with E-state index in [1.165, 1.54) is 0 Å². The Bertz CT molecular complexity index is 575. The fraction of sp³-hybridized carbons (Fsp3) is 0.231. The minimum absolute atomic E-state index is 0.446. The number of nitrogens with zero attached hydrogens (tertiary/aromatic N) is 1. The molecule has 5 heteroatoms. The third-order valence-corrected chi connectivity index (χ3v) is 2.52. The van der Waals surface area contributed by atoms with E-state index in [1.54, 1.807) is 12.3 Å². The summed E-state index contributed by atoms with van der Waals surface area (Å²) in [7, 11) is 0. The Morgan fingerprint density at radius 2 is 2.22 bits per heavy atom.